The first-order valence-electron chi connectivity index (χ1n) is 4.37. The Balaban J connectivity index is 2.45. The van der Waals surface area contributed by atoms with Crippen LogP contribution in [0.25, 0.3) is 5.82 Å². The molecule has 0 saturated heterocycles. The van der Waals surface area contributed by atoms with E-state index < -0.39 is 5.97 Å². The molecule has 0 spiro atoms. The van der Waals surface area contributed by atoms with E-state index in [1.807, 2.05) is 0 Å². The van der Waals surface area contributed by atoms with Gasteiger partial charge in [0.1, 0.15) is 0 Å². The van der Waals surface area contributed by atoms with Crippen molar-refractivity contribution in [1.82, 2.24) is 20.0 Å². The normalized spacial score (nSPS) is 10.4. The monoisotopic (exact) mass is 238 g/mol. The van der Waals surface area contributed by atoms with Crippen LogP contribution >= 0.6 is 11.6 Å². The standard InChI is InChI=1S/C9H7ClN4O2/c1-5-8(9(15)16)13-14(12-5)7-3-2-6(10)4-11-7/h2-4H,1H3,(H,15,16). The molecule has 0 aliphatic carbocycles. The van der Waals surface area contributed by atoms with Crippen molar-refractivity contribution >= 4 is 17.6 Å². The topological polar surface area (TPSA) is 80.9 Å². The van der Waals surface area contributed by atoms with Crippen molar-refractivity contribution < 1.29 is 9.90 Å². The fraction of sp³-hybridized carbons (Fsp3) is 0.111. The summed E-state index contributed by atoms with van der Waals surface area (Å²) in [4.78, 5) is 15.9. The van der Waals surface area contributed by atoms with E-state index in [0.29, 0.717) is 16.5 Å². The lowest BCUT2D eigenvalue weighted by Crippen LogP contribution is -2.03. The van der Waals surface area contributed by atoms with Gasteiger partial charge in [-0.2, -0.15) is 5.10 Å². The van der Waals surface area contributed by atoms with E-state index in [-0.39, 0.29) is 5.69 Å². The smallest absolute Gasteiger partial charge is 0.358 e. The summed E-state index contributed by atoms with van der Waals surface area (Å²) in [6, 6.07) is 3.23. The predicted molar refractivity (Wildman–Crippen MR) is 55.9 cm³/mol. The molecule has 2 rings (SSSR count). The minimum absolute atomic E-state index is 0.0863. The van der Waals surface area contributed by atoms with E-state index in [9.17, 15) is 4.79 Å². The molecule has 6 nitrogen and oxygen atoms in total. The highest BCUT2D eigenvalue weighted by molar-refractivity contribution is 6.30. The molecular weight excluding hydrogens is 232 g/mol. The van der Waals surface area contributed by atoms with Crippen LogP contribution in [0.1, 0.15) is 16.2 Å². The summed E-state index contributed by atoms with van der Waals surface area (Å²) in [5, 5.41) is 17.1. The van der Waals surface area contributed by atoms with Gasteiger partial charge in [-0.05, 0) is 19.1 Å². The van der Waals surface area contributed by atoms with Crippen LogP contribution in [0.2, 0.25) is 5.02 Å². The van der Waals surface area contributed by atoms with Crippen LogP contribution in [0.4, 0.5) is 0 Å². The Kier molecular flexibility index (Phi) is 2.57. The summed E-state index contributed by atoms with van der Waals surface area (Å²) in [6.07, 6.45) is 1.44. The lowest BCUT2D eigenvalue weighted by molar-refractivity contribution is 0.0689. The molecule has 0 aliphatic rings. The summed E-state index contributed by atoms with van der Waals surface area (Å²) in [6.45, 7) is 1.57. The zero-order chi connectivity index (χ0) is 11.7. The first-order valence-corrected chi connectivity index (χ1v) is 4.75. The van der Waals surface area contributed by atoms with Crippen molar-refractivity contribution in [3.8, 4) is 5.82 Å². The molecule has 0 amide bonds. The second kappa shape index (κ2) is 3.90. The number of aromatic nitrogens is 4. The van der Waals surface area contributed by atoms with Gasteiger partial charge < -0.3 is 5.11 Å². The first-order chi connectivity index (χ1) is 7.58. The van der Waals surface area contributed by atoms with Crippen molar-refractivity contribution in [1.29, 1.82) is 0 Å². The van der Waals surface area contributed by atoms with E-state index in [1.165, 1.54) is 6.20 Å². The van der Waals surface area contributed by atoms with Crippen LogP contribution in [0.5, 0.6) is 0 Å². The van der Waals surface area contributed by atoms with Crippen molar-refractivity contribution in [3.63, 3.8) is 0 Å². The largest absolute Gasteiger partial charge is 0.476 e. The highest BCUT2D eigenvalue weighted by Gasteiger charge is 2.15. The average molecular weight is 239 g/mol. The number of rotatable bonds is 2. The van der Waals surface area contributed by atoms with Gasteiger partial charge in [0.25, 0.3) is 0 Å². The molecule has 0 fully saturated rings. The van der Waals surface area contributed by atoms with Gasteiger partial charge in [0, 0.05) is 6.20 Å². The molecule has 0 bridgehead atoms. The SMILES string of the molecule is Cc1nn(-c2ccc(Cl)cn2)nc1C(=O)O. The van der Waals surface area contributed by atoms with Crippen LogP contribution < -0.4 is 0 Å². The Morgan fingerprint density at radius 3 is 2.69 bits per heavy atom. The van der Waals surface area contributed by atoms with Crippen molar-refractivity contribution in [3.05, 3.63) is 34.7 Å². The highest BCUT2D eigenvalue weighted by atomic mass is 35.5. The fourth-order valence-electron chi connectivity index (χ4n) is 1.17. The average Bonchev–Trinajstić information content (AvgIpc) is 2.61. The molecule has 82 valence electrons. The Bertz CT molecular complexity index is 535. The maximum atomic E-state index is 10.8. The lowest BCUT2D eigenvalue weighted by Gasteiger charge is -1.96. The number of carbonyl (C=O) groups is 1. The Morgan fingerprint density at radius 2 is 2.19 bits per heavy atom. The number of halogens is 1. The minimum Gasteiger partial charge on any atom is -0.476 e. The Hall–Kier alpha value is -1.95. The number of aryl methyl sites for hydroxylation is 1. The van der Waals surface area contributed by atoms with Gasteiger partial charge in [-0.1, -0.05) is 11.6 Å². The quantitative estimate of drug-likeness (QED) is 0.853. The molecule has 0 radical (unpaired) electrons. The number of pyridine rings is 1. The molecule has 2 heterocycles. The van der Waals surface area contributed by atoms with E-state index in [1.54, 1.807) is 19.1 Å². The maximum absolute atomic E-state index is 10.8. The van der Waals surface area contributed by atoms with Crippen LogP contribution in [-0.4, -0.2) is 31.1 Å². The molecule has 7 heteroatoms. The molecule has 2 aromatic heterocycles. The molecule has 2 aromatic rings. The zero-order valence-corrected chi connectivity index (χ0v) is 9.01. The molecule has 0 unspecified atom stereocenters. The van der Waals surface area contributed by atoms with E-state index in [4.69, 9.17) is 16.7 Å². The fourth-order valence-corrected chi connectivity index (χ4v) is 1.28. The number of carboxylic acids is 1. The summed E-state index contributed by atoms with van der Waals surface area (Å²) in [7, 11) is 0. The van der Waals surface area contributed by atoms with Gasteiger partial charge in [-0.15, -0.1) is 9.90 Å². The Morgan fingerprint density at radius 1 is 1.44 bits per heavy atom. The third kappa shape index (κ3) is 1.87. The maximum Gasteiger partial charge on any atom is 0.358 e. The number of hydrogen-bond acceptors (Lipinski definition) is 4. The summed E-state index contributed by atoms with van der Waals surface area (Å²) in [5.74, 6) is -0.697. The molecule has 0 aromatic carbocycles. The second-order valence-corrected chi connectivity index (χ2v) is 3.50. The molecule has 0 aliphatic heterocycles. The third-order valence-electron chi connectivity index (χ3n) is 1.90. The van der Waals surface area contributed by atoms with Gasteiger partial charge in [0.2, 0.25) is 0 Å². The van der Waals surface area contributed by atoms with Gasteiger partial charge in [0.15, 0.2) is 11.5 Å². The van der Waals surface area contributed by atoms with Crippen molar-refractivity contribution in [2.24, 2.45) is 0 Å². The zero-order valence-electron chi connectivity index (χ0n) is 8.25. The number of nitrogens with zero attached hydrogens (tertiary/aromatic N) is 4. The summed E-state index contributed by atoms with van der Waals surface area (Å²) >= 11 is 5.68. The third-order valence-corrected chi connectivity index (χ3v) is 2.12. The molecule has 1 N–H and O–H groups in total. The lowest BCUT2D eigenvalue weighted by atomic mass is 10.4. The summed E-state index contributed by atoms with van der Waals surface area (Å²) < 4.78 is 0. The highest BCUT2D eigenvalue weighted by Crippen LogP contribution is 2.10. The number of aromatic carboxylic acids is 1. The van der Waals surface area contributed by atoms with E-state index >= 15 is 0 Å². The molecule has 0 atom stereocenters. The van der Waals surface area contributed by atoms with Crippen LogP contribution in [-0.2, 0) is 0 Å². The van der Waals surface area contributed by atoms with Gasteiger partial charge >= 0.3 is 5.97 Å². The molecule has 0 saturated carbocycles. The Labute approximate surface area is 95.5 Å². The predicted octanol–water partition coefficient (Wildman–Crippen LogP) is 1.32. The van der Waals surface area contributed by atoms with Gasteiger partial charge in [-0.3, -0.25) is 0 Å². The van der Waals surface area contributed by atoms with Crippen LogP contribution in [0.15, 0.2) is 18.3 Å². The van der Waals surface area contributed by atoms with Crippen molar-refractivity contribution in [2.45, 2.75) is 6.92 Å². The van der Waals surface area contributed by atoms with Gasteiger partial charge in [0.05, 0.1) is 10.7 Å². The number of hydrogen-bond donors (Lipinski definition) is 1. The number of carboxylic acid groups (broad SMARTS) is 1. The first kappa shape index (κ1) is 10.6. The minimum atomic E-state index is -1.11. The second-order valence-electron chi connectivity index (χ2n) is 3.06. The van der Waals surface area contributed by atoms with Crippen LogP contribution in [0.3, 0.4) is 0 Å². The van der Waals surface area contributed by atoms with Crippen LogP contribution in [0, 0.1) is 6.92 Å². The van der Waals surface area contributed by atoms with Crippen molar-refractivity contribution in [2.75, 3.05) is 0 Å². The summed E-state index contributed by atoms with van der Waals surface area (Å²) in [5.41, 5.74) is 0.251. The molecular formula is C9H7ClN4O2. The van der Waals surface area contributed by atoms with Gasteiger partial charge in [-0.25, -0.2) is 9.78 Å². The van der Waals surface area contributed by atoms with E-state index in [2.05, 4.69) is 15.2 Å². The molecule has 16 heavy (non-hydrogen) atoms. The van der Waals surface area contributed by atoms with E-state index in [0.717, 1.165) is 4.80 Å².